The van der Waals surface area contributed by atoms with Crippen LogP contribution in [0.1, 0.15) is 18.9 Å². The van der Waals surface area contributed by atoms with Crippen molar-refractivity contribution >= 4 is 0 Å². The first kappa shape index (κ1) is 11.0. The van der Waals surface area contributed by atoms with Gasteiger partial charge in [0.05, 0.1) is 5.60 Å². The minimum absolute atomic E-state index is 0.264. The first-order valence-electron chi connectivity index (χ1n) is 4.67. The van der Waals surface area contributed by atoms with Crippen LogP contribution >= 0.6 is 0 Å². The van der Waals surface area contributed by atoms with Gasteiger partial charge in [-0.1, -0.05) is 12.1 Å². The quantitative estimate of drug-likeness (QED) is 0.767. The van der Waals surface area contributed by atoms with Crippen LogP contribution in [0.5, 0.6) is 5.75 Å². The number of nitrogens with two attached hydrogens (primary N) is 1. The van der Waals surface area contributed by atoms with Crippen molar-refractivity contribution in [2.75, 3.05) is 13.7 Å². The van der Waals surface area contributed by atoms with Crippen molar-refractivity contribution in [2.45, 2.75) is 18.9 Å². The molecule has 3 nitrogen and oxygen atoms in total. The standard InChI is InChI=1S/C11H17NO2/c1-11(14-2,7-8-12)9-3-5-10(13)6-4-9/h3-6,13H,7-8,12H2,1-2H3. The summed E-state index contributed by atoms with van der Waals surface area (Å²) in [6.45, 7) is 2.57. The van der Waals surface area contributed by atoms with E-state index in [4.69, 9.17) is 15.6 Å². The third kappa shape index (κ3) is 2.25. The van der Waals surface area contributed by atoms with Crippen LogP contribution in [0.15, 0.2) is 24.3 Å². The Hall–Kier alpha value is -1.06. The largest absolute Gasteiger partial charge is 0.508 e. The zero-order chi connectivity index (χ0) is 10.6. The molecule has 3 N–H and O–H groups in total. The van der Waals surface area contributed by atoms with E-state index in [1.54, 1.807) is 19.2 Å². The number of benzene rings is 1. The van der Waals surface area contributed by atoms with Gasteiger partial charge >= 0.3 is 0 Å². The van der Waals surface area contributed by atoms with Crippen molar-refractivity contribution in [1.82, 2.24) is 0 Å². The molecule has 1 atom stereocenters. The zero-order valence-corrected chi connectivity index (χ0v) is 8.66. The van der Waals surface area contributed by atoms with E-state index in [2.05, 4.69) is 0 Å². The first-order chi connectivity index (χ1) is 6.62. The van der Waals surface area contributed by atoms with Gasteiger partial charge in [0.1, 0.15) is 5.75 Å². The summed E-state index contributed by atoms with van der Waals surface area (Å²) in [7, 11) is 1.67. The van der Waals surface area contributed by atoms with Gasteiger partial charge in [0, 0.05) is 7.11 Å². The predicted molar refractivity (Wildman–Crippen MR) is 56.1 cm³/mol. The lowest BCUT2D eigenvalue weighted by atomic mass is 9.92. The summed E-state index contributed by atoms with van der Waals surface area (Å²) < 4.78 is 5.44. The van der Waals surface area contributed by atoms with Crippen LogP contribution in [0, 0.1) is 0 Å². The minimum Gasteiger partial charge on any atom is -0.508 e. The Morgan fingerprint density at radius 2 is 1.93 bits per heavy atom. The fraction of sp³-hybridized carbons (Fsp3) is 0.455. The van der Waals surface area contributed by atoms with Gasteiger partial charge in [-0.05, 0) is 37.6 Å². The van der Waals surface area contributed by atoms with E-state index in [9.17, 15) is 0 Å². The summed E-state index contributed by atoms with van der Waals surface area (Å²) in [6.07, 6.45) is 0.758. The molecule has 0 bridgehead atoms. The first-order valence-corrected chi connectivity index (χ1v) is 4.67. The van der Waals surface area contributed by atoms with Crippen molar-refractivity contribution in [3.8, 4) is 5.75 Å². The molecular weight excluding hydrogens is 178 g/mol. The van der Waals surface area contributed by atoms with Gasteiger partial charge in [0.25, 0.3) is 0 Å². The van der Waals surface area contributed by atoms with Gasteiger partial charge in [-0.2, -0.15) is 0 Å². The Labute approximate surface area is 84.5 Å². The van der Waals surface area contributed by atoms with E-state index in [-0.39, 0.29) is 11.4 Å². The summed E-state index contributed by atoms with van der Waals surface area (Å²) >= 11 is 0. The van der Waals surface area contributed by atoms with Crippen LogP contribution in [0.4, 0.5) is 0 Å². The molecule has 0 heterocycles. The summed E-state index contributed by atoms with van der Waals surface area (Å²) in [5.41, 5.74) is 6.20. The molecule has 0 spiro atoms. The van der Waals surface area contributed by atoms with Crippen LogP contribution in [-0.4, -0.2) is 18.8 Å². The summed E-state index contributed by atoms with van der Waals surface area (Å²) in [5.74, 6) is 0.264. The van der Waals surface area contributed by atoms with Crippen LogP contribution < -0.4 is 5.73 Å². The van der Waals surface area contributed by atoms with Crippen molar-refractivity contribution in [3.05, 3.63) is 29.8 Å². The minimum atomic E-state index is -0.359. The number of hydrogen-bond acceptors (Lipinski definition) is 3. The zero-order valence-electron chi connectivity index (χ0n) is 8.66. The Morgan fingerprint density at radius 1 is 1.36 bits per heavy atom. The van der Waals surface area contributed by atoms with Crippen molar-refractivity contribution in [1.29, 1.82) is 0 Å². The molecule has 1 aromatic rings. The maximum atomic E-state index is 9.16. The second kappa shape index (κ2) is 4.44. The van der Waals surface area contributed by atoms with E-state index in [0.717, 1.165) is 12.0 Å². The molecule has 0 radical (unpaired) electrons. The van der Waals surface area contributed by atoms with Gasteiger partial charge < -0.3 is 15.6 Å². The van der Waals surface area contributed by atoms with Crippen LogP contribution in [0.2, 0.25) is 0 Å². The molecule has 0 aromatic heterocycles. The molecule has 0 saturated heterocycles. The van der Waals surface area contributed by atoms with Crippen LogP contribution in [0.3, 0.4) is 0 Å². The average Bonchev–Trinajstić information content (AvgIpc) is 2.19. The maximum Gasteiger partial charge on any atom is 0.115 e. The van der Waals surface area contributed by atoms with Gasteiger partial charge in [0.2, 0.25) is 0 Å². The topological polar surface area (TPSA) is 55.5 Å². The molecule has 1 rings (SSSR count). The molecule has 0 aliphatic rings. The highest BCUT2D eigenvalue weighted by atomic mass is 16.5. The van der Waals surface area contributed by atoms with Crippen LogP contribution in [-0.2, 0) is 10.3 Å². The third-order valence-corrected chi connectivity index (χ3v) is 2.55. The fourth-order valence-electron chi connectivity index (χ4n) is 1.45. The van der Waals surface area contributed by atoms with Crippen LogP contribution in [0.25, 0.3) is 0 Å². The second-order valence-corrected chi connectivity index (χ2v) is 3.52. The predicted octanol–water partition coefficient (Wildman–Crippen LogP) is 1.60. The SMILES string of the molecule is COC(C)(CCN)c1ccc(O)cc1. The highest BCUT2D eigenvalue weighted by Gasteiger charge is 2.24. The number of aromatic hydroxyl groups is 1. The monoisotopic (exact) mass is 195 g/mol. The molecule has 1 unspecified atom stereocenters. The highest BCUT2D eigenvalue weighted by Crippen LogP contribution is 2.28. The normalized spacial score (nSPS) is 15.1. The molecule has 0 amide bonds. The van der Waals surface area contributed by atoms with Gasteiger partial charge in [0.15, 0.2) is 0 Å². The summed E-state index contributed by atoms with van der Waals surface area (Å²) in [4.78, 5) is 0. The Balaban J connectivity index is 2.94. The summed E-state index contributed by atoms with van der Waals surface area (Å²) in [6, 6.07) is 7.02. The van der Waals surface area contributed by atoms with E-state index in [0.29, 0.717) is 6.54 Å². The van der Waals surface area contributed by atoms with Gasteiger partial charge in [-0.3, -0.25) is 0 Å². The number of hydrogen-bond donors (Lipinski definition) is 2. The average molecular weight is 195 g/mol. The number of rotatable bonds is 4. The lowest BCUT2D eigenvalue weighted by molar-refractivity contribution is -0.00341. The van der Waals surface area contributed by atoms with E-state index >= 15 is 0 Å². The molecule has 14 heavy (non-hydrogen) atoms. The molecule has 0 fully saturated rings. The van der Waals surface area contributed by atoms with Crippen molar-refractivity contribution in [3.63, 3.8) is 0 Å². The van der Waals surface area contributed by atoms with Gasteiger partial charge in [-0.25, -0.2) is 0 Å². The smallest absolute Gasteiger partial charge is 0.115 e. The van der Waals surface area contributed by atoms with Gasteiger partial charge in [-0.15, -0.1) is 0 Å². The lowest BCUT2D eigenvalue weighted by Crippen LogP contribution is -2.27. The van der Waals surface area contributed by atoms with E-state index < -0.39 is 0 Å². The van der Waals surface area contributed by atoms with Crippen molar-refractivity contribution in [2.24, 2.45) is 5.73 Å². The molecule has 0 saturated carbocycles. The number of methoxy groups -OCH3 is 1. The molecule has 3 heteroatoms. The maximum absolute atomic E-state index is 9.16. The fourth-order valence-corrected chi connectivity index (χ4v) is 1.45. The second-order valence-electron chi connectivity index (χ2n) is 3.52. The Kier molecular flexibility index (Phi) is 3.49. The molecule has 78 valence electrons. The molecular formula is C11H17NO2. The van der Waals surface area contributed by atoms with E-state index in [1.165, 1.54) is 0 Å². The molecule has 0 aliphatic carbocycles. The molecule has 1 aromatic carbocycles. The number of ether oxygens (including phenoxy) is 1. The number of phenolic OH excluding ortho intramolecular Hbond substituents is 1. The Bertz CT molecular complexity index is 284. The summed E-state index contributed by atoms with van der Waals surface area (Å²) in [5, 5.41) is 9.16. The lowest BCUT2D eigenvalue weighted by Gasteiger charge is -2.28. The molecule has 0 aliphatic heterocycles. The van der Waals surface area contributed by atoms with Crippen molar-refractivity contribution < 1.29 is 9.84 Å². The highest BCUT2D eigenvalue weighted by molar-refractivity contribution is 5.29. The Morgan fingerprint density at radius 3 is 2.36 bits per heavy atom. The number of phenols is 1. The third-order valence-electron chi connectivity index (χ3n) is 2.55. The van der Waals surface area contributed by atoms with E-state index in [1.807, 2.05) is 19.1 Å².